The van der Waals surface area contributed by atoms with Crippen molar-refractivity contribution in [3.63, 3.8) is 0 Å². The van der Waals surface area contributed by atoms with E-state index >= 15 is 0 Å². The van der Waals surface area contributed by atoms with Gasteiger partial charge in [-0.25, -0.2) is 15.0 Å². The zero-order chi connectivity index (χ0) is 38.6. The lowest BCUT2D eigenvalue weighted by atomic mass is 10.0. The molecule has 0 bridgehead atoms. The molecule has 4 aromatic heterocycles. The Bertz CT molecular complexity index is 3870. The van der Waals surface area contributed by atoms with Gasteiger partial charge in [-0.2, -0.15) is 0 Å². The number of para-hydroxylation sites is 2. The predicted molar refractivity (Wildman–Crippen MR) is 246 cm³/mol. The van der Waals surface area contributed by atoms with Crippen molar-refractivity contribution < 1.29 is 4.42 Å². The van der Waals surface area contributed by atoms with Gasteiger partial charge in [0.25, 0.3) is 0 Å². The van der Waals surface area contributed by atoms with Gasteiger partial charge in [-0.15, -0.1) is 11.3 Å². The minimum Gasteiger partial charge on any atom is -0.456 e. The van der Waals surface area contributed by atoms with Crippen LogP contribution < -0.4 is 0 Å². The number of nitrogens with zero attached hydrogens (tertiary/aromatic N) is 4. The Morgan fingerprint density at radius 1 is 0.390 bits per heavy atom. The second-order valence-electron chi connectivity index (χ2n) is 15.2. The number of rotatable bonds is 4. The number of aromatic nitrogens is 4. The summed E-state index contributed by atoms with van der Waals surface area (Å²) in [7, 11) is 0. The quantitative estimate of drug-likeness (QED) is 0.179. The van der Waals surface area contributed by atoms with E-state index in [1.165, 1.54) is 41.7 Å². The van der Waals surface area contributed by atoms with Gasteiger partial charge >= 0.3 is 0 Å². The summed E-state index contributed by atoms with van der Waals surface area (Å²) in [5.74, 6) is 1.78. The molecule has 13 rings (SSSR count). The van der Waals surface area contributed by atoms with E-state index in [0.717, 1.165) is 66.1 Å². The Kier molecular flexibility index (Phi) is 6.82. The molecule has 0 fully saturated rings. The summed E-state index contributed by atoms with van der Waals surface area (Å²) in [6.45, 7) is 0. The Labute approximate surface area is 341 Å². The van der Waals surface area contributed by atoms with Gasteiger partial charge in [0, 0.05) is 58.4 Å². The highest BCUT2D eigenvalue weighted by Gasteiger charge is 2.24. The number of furan rings is 1. The molecule has 0 radical (unpaired) electrons. The second-order valence-corrected chi connectivity index (χ2v) is 16.3. The van der Waals surface area contributed by atoms with Crippen molar-refractivity contribution in [3.8, 4) is 39.9 Å². The minimum atomic E-state index is 0.579. The van der Waals surface area contributed by atoms with Crippen LogP contribution >= 0.6 is 11.3 Å². The van der Waals surface area contributed by atoms with Crippen LogP contribution in [0.3, 0.4) is 0 Å². The lowest BCUT2D eigenvalue weighted by molar-refractivity contribution is 0.669. The molecule has 4 heterocycles. The lowest BCUT2D eigenvalue weighted by Gasteiger charge is -2.17. The molecule has 0 spiro atoms. The van der Waals surface area contributed by atoms with Crippen LogP contribution in [0.5, 0.6) is 0 Å². The van der Waals surface area contributed by atoms with Gasteiger partial charge in [0.1, 0.15) is 11.2 Å². The molecule has 274 valence electrons. The summed E-state index contributed by atoms with van der Waals surface area (Å²) in [6.07, 6.45) is 0. The van der Waals surface area contributed by atoms with Crippen molar-refractivity contribution in [3.05, 3.63) is 182 Å². The van der Waals surface area contributed by atoms with Crippen molar-refractivity contribution in [1.29, 1.82) is 0 Å². The molecular weight excluding hydrogens is 741 g/mol. The molecular formula is C53H30N4OS. The maximum Gasteiger partial charge on any atom is 0.166 e. The van der Waals surface area contributed by atoms with E-state index in [1.54, 1.807) is 0 Å². The van der Waals surface area contributed by atoms with E-state index in [4.69, 9.17) is 19.4 Å². The Morgan fingerprint density at radius 2 is 1.02 bits per heavy atom. The van der Waals surface area contributed by atoms with E-state index in [2.05, 4.69) is 168 Å². The number of thiophene rings is 1. The SMILES string of the molecule is c1ccc2cc(-c3nc(-c4ccc5c(c4)oc4ccccc45)nc(-c4ccc5sc6ccccc6c5c4-n4c5ccccc5c5cc6ccccc6cc54)n3)ccc2c1. The van der Waals surface area contributed by atoms with Gasteiger partial charge in [0.2, 0.25) is 0 Å². The van der Waals surface area contributed by atoms with Crippen LogP contribution in [-0.2, 0) is 0 Å². The summed E-state index contributed by atoms with van der Waals surface area (Å²) >= 11 is 1.82. The van der Waals surface area contributed by atoms with E-state index in [9.17, 15) is 0 Å². The summed E-state index contributed by atoms with van der Waals surface area (Å²) in [5.41, 5.74) is 7.66. The first kappa shape index (κ1) is 32.4. The molecule has 0 aliphatic carbocycles. The zero-order valence-corrected chi connectivity index (χ0v) is 32.2. The first-order valence-corrected chi connectivity index (χ1v) is 20.6. The summed E-state index contributed by atoms with van der Waals surface area (Å²) in [6, 6.07) is 64.5. The highest BCUT2D eigenvalue weighted by molar-refractivity contribution is 7.25. The summed E-state index contributed by atoms with van der Waals surface area (Å²) in [5, 5.41) is 11.6. The fourth-order valence-electron chi connectivity index (χ4n) is 9.06. The van der Waals surface area contributed by atoms with E-state index < -0.39 is 0 Å². The van der Waals surface area contributed by atoms with Crippen LogP contribution in [0.1, 0.15) is 0 Å². The molecule has 0 saturated heterocycles. The first-order valence-electron chi connectivity index (χ1n) is 19.8. The van der Waals surface area contributed by atoms with Crippen molar-refractivity contribution >= 4 is 96.8 Å². The van der Waals surface area contributed by atoms with Crippen molar-refractivity contribution in [1.82, 2.24) is 19.5 Å². The molecule has 5 nitrogen and oxygen atoms in total. The van der Waals surface area contributed by atoms with Gasteiger partial charge in [0.05, 0.1) is 16.7 Å². The normalized spacial score (nSPS) is 12.1. The van der Waals surface area contributed by atoms with E-state index in [0.29, 0.717) is 17.5 Å². The zero-order valence-electron chi connectivity index (χ0n) is 31.4. The minimum absolute atomic E-state index is 0.579. The maximum absolute atomic E-state index is 6.38. The molecule has 0 aliphatic rings. The van der Waals surface area contributed by atoms with Crippen LogP contribution in [-0.4, -0.2) is 19.5 Å². The molecule has 6 heteroatoms. The molecule has 0 saturated carbocycles. The molecule has 0 N–H and O–H groups in total. The molecule has 13 aromatic rings. The van der Waals surface area contributed by atoms with Crippen molar-refractivity contribution in [2.45, 2.75) is 0 Å². The van der Waals surface area contributed by atoms with Gasteiger partial charge in [-0.3, -0.25) is 0 Å². The summed E-state index contributed by atoms with van der Waals surface area (Å²) < 4.78 is 11.3. The largest absolute Gasteiger partial charge is 0.456 e. The predicted octanol–water partition coefficient (Wildman–Crippen LogP) is 14.5. The third-order valence-corrected chi connectivity index (χ3v) is 12.9. The van der Waals surface area contributed by atoms with Gasteiger partial charge in [-0.1, -0.05) is 121 Å². The van der Waals surface area contributed by atoms with Crippen LogP contribution in [0.4, 0.5) is 0 Å². The molecule has 0 atom stereocenters. The second kappa shape index (κ2) is 12.4. The number of hydrogen-bond donors (Lipinski definition) is 0. The highest BCUT2D eigenvalue weighted by atomic mass is 32.1. The third kappa shape index (κ3) is 4.94. The van der Waals surface area contributed by atoms with Crippen molar-refractivity contribution in [2.75, 3.05) is 0 Å². The van der Waals surface area contributed by atoms with Crippen LogP contribution in [0.25, 0.3) is 125 Å². The monoisotopic (exact) mass is 770 g/mol. The third-order valence-electron chi connectivity index (χ3n) is 11.8. The Hall–Kier alpha value is -7.67. The van der Waals surface area contributed by atoms with Crippen molar-refractivity contribution in [2.24, 2.45) is 0 Å². The van der Waals surface area contributed by atoms with Gasteiger partial charge in [0.15, 0.2) is 17.5 Å². The topological polar surface area (TPSA) is 56.7 Å². The standard InChI is InChI=1S/C53H30N4OS/c1-2-12-32-27-35(22-21-31(32)11-1)51-54-52(36-23-24-39-38-16-6-9-19-45(38)58-46(39)30-36)56-53(55-51)41-25-26-48-49(40-17-7-10-20-47(40)59-48)50(41)57-43-18-8-5-15-37(43)42-28-33-13-3-4-14-34(33)29-44(42)57/h1-30H. The van der Waals surface area contributed by atoms with Crippen LogP contribution in [0, 0.1) is 0 Å². The Balaban J connectivity index is 1.15. The van der Waals surface area contributed by atoms with Crippen LogP contribution in [0.2, 0.25) is 0 Å². The molecule has 59 heavy (non-hydrogen) atoms. The molecule has 0 amide bonds. The average molecular weight is 771 g/mol. The summed E-state index contributed by atoms with van der Waals surface area (Å²) in [4.78, 5) is 16.0. The molecule has 9 aromatic carbocycles. The Morgan fingerprint density at radius 3 is 1.86 bits per heavy atom. The maximum atomic E-state index is 6.38. The number of hydrogen-bond acceptors (Lipinski definition) is 5. The lowest BCUT2D eigenvalue weighted by Crippen LogP contribution is -2.04. The number of benzene rings is 9. The average Bonchev–Trinajstić information content (AvgIpc) is 3.97. The van der Waals surface area contributed by atoms with Gasteiger partial charge in [-0.05, 0) is 82.2 Å². The first-order chi connectivity index (χ1) is 29.2. The van der Waals surface area contributed by atoms with Gasteiger partial charge < -0.3 is 8.98 Å². The fourth-order valence-corrected chi connectivity index (χ4v) is 10.2. The fraction of sp³-hybridized carbons (Fsp3) is 0. The van der Waals surface area contributed by atoms with E-state index in [1.807, 2.05) is 29.5 Å². The highest BCUT2D eigenvalue weighted by Crippen LogP contribution is 2.45. The van der Waals surface area contributed by atoms with E-state index in [-0.39, 0.29) is 0 Å². The molecule has 0 aliphatic heterocycles. The number of fused-ring (bicyclic) bond motifs is 11. The van der Waals surface area contributed by atoms with Crippen LogP contribution in [0.15, 0.2) is 186 Å². The smallest absolute Gasteiger partial charge is 0.166 e. The molecule has 0 unspecified atom stereocenters.